The SMILES string of the molecule is C/C=C/c1ccc2c(c1)C(CCC(C)CCCC(C)C)(CCC(C)CCCC(C)C)c1cc(/C=C/c3ccc4c(-c5ccc(OCCC(C)CCCC(C)C)cc5)c(C)ccc4c3)ccc1-2. The van der Waals surface area contributed by atoms with Crippen LogP contribution < -0.4 is 4.74 Å². The van der Waals surface area contributed by atoms with Crippen LogP contribution in [0, 0.1) is 42.4 Å². The number of rotatable bonds is 26. The molecule has 1 aliphatic rings. The van der Waals surface area contributed by atoms with E-state index in [0.29, 0.717) is 5.92 Å². The van der Waals surface area contributed by atoms with Gasteiger partial charge in [-0.05, 0) is 166 Å². The van der Waals surface area contributed by atoms with Gasteiger partial charge in [-0.1, -0.05) is 217 Å². The van der Waals surface area contributed by atoms with Gasteiger partial charge in [0.2, 0.25) is 0 Å². The highest BCUT2D eigenvalue weighted by atomic mass is 16.5. The average molecular weight is 885 g/mol. The highest BCUT2D eigenvalue weighted by molar-refractivity contribution is 5.99. The highest BCUT2D eigenvalue weighted by Crippen LogP contribution is 2.55. The van der Waals surface area contributed by atoms with Gasteiger partial charge in [0.15, 0.2) is 0 Å². The summed E-state index contributed by atoms with van der Waals surface area (Å²) in [5.41, 5.74) is 13.7. The predicted octanol–water partition coefficient (Wildman–Crippen LogP) is 20.0. The molecular weight excluding hydrogens is 797 g/mol. The van der Waals surface area contributed by atoms with Gasteiger partial charge in [-0.25, -0.2) is 0 Å². The molecule has 354 valence electrons. The molecule has 0 bridgehead atoms. The Kier molecular flexibility index (Phi) is 19.0. The Balaban J connectivity index is 1.25. The molecule has 3 unspecified atom stereocenters. The van der Waals surface area contributed by atoms with Crippen molar-refractivity contribution in [1.29, 1.82) is 0 Å². The zero-order valence-electron chi connectivity index (χ0n) is 43.4. The van der Waals surface area contributed by atoms with E-state index < -0.39 is 0 Å². The molecule has 0 aromatic heterocycles. The molecule has 66 heavy (non-hydrogen) atoms. The number of benzene rings is 5. The van der Waals surface area contributed by atoms with Crippen LogP contribution in [-0.4, -0.2) is 6.61 Å². The lowest BCUT2D eigenvalue weighted by Crippen LogP contribution is -2.27. The van der Waals surface area contributed by atoms with Crippen LogP contribution in [0.15, 0.2) is 97.1 Å². The van der Waals surface area contributed by atoms with E-state index in [1.54, 1.807) is 11.1 Å². The number of aryl methyl sites for hydroxylation is 1. The molecule has 0 spiro atoms. The summed E-state index contributed by atoms with van der Waals surface area (Å²) in [5.74, 6) is 5.44. The van der Waals surface area contributed by atoms with Crippen LogP contribution in [0.25, 0.3) is 51.3 Å². The molecule has 0 amide bonds. The van der Waals surface area contributed by atoms with Gasteiger partial charge in [-0.2, -0.15) is 0 Å². The summed E-state index contributed by atoms with van der Waals surface area (Å²) in [6, 6.07) is 35.1. The maximum Gasteiger partial charge on any atom is 0.119 e. The summed E-state index contributed by atoms with van der Waals surface area (Å²) >= 11 is 0. The molecule has 0 fully saturated rings. The van der Waals surface area contributed by atoms with Crippen LogP contribution in [0.5, 0.6) is 5.75 Å². The van der Waals surface area contributed by atoms with Crippen LogP contribution in [0.2, 0.25) is 0 Å². The van der Waals surface area contributed by atoms with E-state index >= 15 is 0 Å². The summed E-state index contributed by atoms with van der Waals surface area (Å²) in [4.78, 5) is 0. The molecule has 6 rings (SSSR count). The van der Waals surface area contributed by atoms with Crippen molar-refractivity contribution in [1.82, 2.24) is 0 Å². The number of allylic oxidation sites excluding steroid dienone is 1. The van der Waals surface area contributed by atoms with Crippen LogP contribution in [0.3, 0.4) is 0 Å². The van der Waals surface area contributed by atoms with E-state index in [2.05, 4.69) is 191 Å². The normalized spacial score (nSPS) is 16.3. The number of ether oxygens (including phenoxy) is 1. The summed E-state index contributed by atoms with van der Waals surface area (Å²) in [6.45, 7) is 26.7. The zero-order valence-corrected chi connectivity index (χ0v) is 43.4. The van der Waals surface area contributed by atoms with Gasteiger partial charge in [-0.3, -0.25) is 0 Å². The third-order valence-corrected chi connectivity index (χ3v) is 15.1. The molecule has 1 aliphatic carbocycles. The van der Waals surface area contributed by atoms with Crippen molar-refractivity contribution in [2.24, 2.45) is 35.5 Å². The Morgan fingerprint density at radius 3 is 1.48 bits per heavy atom. The molecule has 0 heterocycles. The molecule has 5 aromatic carbocycles. The maximum absolute atomic E-state index is 6.23. The van der Waals surface area contributed by atoms with Crippen molar-refractivity contribution in [3.63, 3.8) is 0 Å². The van der Waals surface area contributed by atoms with Crippen molar-refractivity contribution in [2.75, 3.05) is 6.61 Å². The lowest BCUT2D eigenvalue weighted by Gasteiger charge is -2.35. The van der Waals surface area contributed by atoms with Gasteiger partial charge < -0.3 is 4.74 Å². The van der Waals surface area contributed by atoms with Gasteiger partial charge in [0.05, 0.1) is 6.61 Å². The topological polar surface area (TPSA) is 9.23 Å². The summed E-state index contributed by atoms with van der Waals surface area (Å²) in [6.07, 6.45) is 27.2. The first-order chi connectivity index (χ1) is 31.8. The van der Waals surface area contributed by atoms with E-state index in [-0.39, 0.29) is 5.41 Å². The van der Waals surface area contributed by atoms with Crippen LogP contribution in [0.1, 0.15) is 193 Å². The van der Waals surface area contributed by atoms with Crippen molar-refractivity contribution >= 4 is 29.0 Å². The van der Waals surface area contributed by atoms with Gasteiger partial charge in [-0.15, -0.1) is 0 Å². The Hall–Kier alpha value is -4.36. The second-order valence-corrected chi connectivity index (χ2v) is 22.3. The van der Waals surface area contributed by atoms with Crippen molar-refractivity contribution in [2.45, 2.75) is 171 Å². The van der Waals surface area contributed by atoms with Gasteiger partial charge in [0, 0.05) is 5.41 Å². The molecule has 1 heteroatoms. The Morgan fingerprint density at radius 1 is 0.485 bits per heavy atom. The minimum absolute atomic E-state index is 0.0116. The van der Waals surface area contributed by atoms with Crippen LogP contribution in [0.4, 0.5) is 0 Å². The Morgan fingerprint density at radius 2 is 0.970 bits per heavy atom. The van der Waals surface area contributed by atoms with E-state index in [1.807, 2.05) is 0 Å². The second-order valence-electron chi connectivity index (χ2n) is 22.3. The first kappa shape index (κ1) is 51.0. The lowest BCUT2D eigenvalue weighted by molar-refractivity contribution is 0.276. The number of fused-ring (bicyclic) bond motifs is 4. The monoisotopic (exact) mass is 885 g/mol. The molecule has 5 aromatic rings. The minimum atomic E-state index is 0.0116. The molecule has 0 N–H and O–H groups in total. The Bertz CT molecular complexity index is 2310. The van der Waals surface area contributed by atoms with E-state index in [0.717, 1.165) is 48.4 Å². The quantitative estimate of drug-likeness (QED) is 0.0503. The van der Waals surface area contributed by atoms with Gasteiger partial charge >= 0.3 is 0 Å². The third kappa shape index (κ3) is 13.9. The number of hydrogen-bond acceptors (Lipinski definition) is 1. The molecule has 0 saturated heterocycles. The fourth-order valence-corrected chi connectivity index (χ4v) is 10.9. The minimum Gasteiger partial charge on any atom is -0.494 e. The van der Waals surface area contributed by atoms with E-state index in [9.17, 15) is 0 Å². The van der Waals surface area contributed by atoms with Gasteiger partial charge in [0.1, 0.15) is 5.75 Å². The maximum atomic E-state index is 6.23. The van der Waals surface area contributed by atoms with E-state index in [4.69, 9.17) is 4.74 Å². The third-order valence-electron chi connectivity index (χ3n) is 15.1. The first-order valence-corrected chi connectivity index (χ1v) is 26.6. The summed E-state index contributed by atoms with van der Waals surface area (Å²) < 4.78 is 6.23. The first-order valence-electron chi connectivity index (χ1n) is 26.6. The fourth-order valence-electron chi connectivity index (χ4n) is 10.9. The van der Waals surface area contributed by atoms with Gasteiger partial charge in [0.25, 0.3) is 0 Å². The van der Waals surface area contributed by atoms with Crippen molar-refractivity contribution in [3.05, 3.63) is 130 Å². The standard InChI is InChI=1S/C65H88O/c1-12-16-53-27-35-60-61-36-28-55(45-63(61)65(62(60)44-53,40-37-49(8)20-13-17-46(2)3)41-38-50(9)21-14-18-47(4)5)25-24-54-26-34-59-57(43-54)29-23-52(11)64(59)56-30-32-58(33-31-56)66-42-39-51(10)22-15-19-48(6)7/h12,16,23-36,43-51H,13-15,17-22,37-42H2,1-11H3/b16-12+,25-24+. The average Bonchev–Trinajstić information content (AvgIpc) is 3.55. The molecule has 3 atom stereocenters. The summed E-state index contributed by atoms with van der Waals surface area (Å²) in [7, 11) is 0. The van der Waals surface area contributed by atoms with Crippen LogP contribution >= 0.6 is 0 Å². The highest BCUT2D eigenvalue weighted by Gasteiger charge is 2.43. The van der Waals surface area contributed by atoms with Crippen LogP contribution in [-0.2, 0) is 5.41 Å². The smallest absolute Gasteiger partial charge is 0.119 e. The van der Waals surface area contributed by atoms with Crippen molar-refractivity contribution < 1.29 is 4.74 Å². The lowest BCUT2D eigenvalue weighted by atomic mass is 9.68. The molecule has 0 radical (unpaired) electrons. The van der Waals surface area contributed by atoms with Crippen molar-refractivity contribution in [3.8, 4) is 28.0 Å². The summed E-state index contributed by atoms with van der Waals surface area (Å²) in [5, 5.41) is 2.57. The number of hydrogen-bond donors (Lipinski definition) is 0. The fraction of sp³-hybridized carbons (Fsp3) is 0.508. The Labute approximate surface area is 404 Å². The predicted molar refractivity (Wildman–Crippen MR) is 293 cm³/mol. The molecular formula is C65H88O. The molecule has 1 nitrogen and oxygen atoms in total. The van der Waals surface area contributed by atoms with E-state index in [1.165, 1.54) is 139 Å². The molecule has 0 saturated carbocycles. The second kappa shape index (κ2) is 24.6. The largest absolute Gasteiger partial charge is 0.494 e. The zero-order chi connectivity index (χ0) is 47.2. The molecule has 0 aliphatic heterocycles.